The molecule has 0 saturated heterocycles. The molecule has 0 fully saturated rings. The third-order valence-corrected chi connectivity index (χ3v) is 7.32. The van der Waals surface area contributed by atoms with Crippen LogP contribution in [0.25, 0.3) is 0 Å². The molecule has 0 unspecified atom stereocenters. The van der Waals surface area contributed by atoms with Crippen LogP contribution in [0.4, 0.5) is 0 Å². The first-order valence-corrected chi connectivity index (χ1v) is 12.2. The fourth-order valence-corrected chi connectivity index (χ4v) is 5.48. The summed E-state index contributed by atoms with van der Waals surface area (Å²) < 4.78 is 11.7. The predicted molar refractivity (Wildman–Crippen MR) is 99.7 cm³/mol. The zero-order valence-corrected chi connectivity index (χ0v) is 16.6. The van der Waals surface area contributed by atoms with Crippen molar-refractivity contribution in [2.24, 2.45) is 0 Å². The van der Waals surface area contributed by atoms with Crippen LogP contribution in [0.3, 0.4) is 0 Å². The molecule has 0 aromatic heterocycles. The van der Waals surface area contributed by atoms with Gasteiger partial charge in [-0.1, -0.05) is 57.8 Å². The summed E-state index contributed by atoms with van der Waals surface area (Å²) in [4.78, 5) is 0. The van der Waals surface area contributed by atoms with E-state index in [0.29, 0.717) is 0 Å². The second-order valence-corrected chi connectivity index (χ2v) is 9.80. The van der Waals surface area contributed by atoms with E-state index in [0.717, 1.165) is 25.0 Å². The zero-order valence-electron chi connectivity index (χ0n) is 14.7. The standard InChI is InChI=1S/C17H38O2SSi/c1-4-18-21(3,19-5-2)17-15-13-11-9-7-6-8-10-12-14-16-20/h20H,4-17H2,1-3H3. The molecule has 128 valence electrons. The lowest BCUT2D eigenvalue weighted by molar-refractivity contribution is 0.188. The monoisotopic (exact) mass is 334 g/mol. The maximum atomic E-state index is 5.87. The highest BCUT2D eigenvalue weighted by Gasteiger charge is 2.29. The average molecular weight is 335 g/mol. The molecule has 0 rings (SSSR count). The third kappa shape index (κ3) is 13.8. The van der Waals surface area contributed by atoms with E-state index in [9.17, 15) is 0 Å². The molecule has 0 aliphatic carbocycles. The molecule has 0 aliphatic rings. The van der Waals surface area contributed by atoms with Crippen LogP contribution in [0, 0.1) is 0 Å². The molecule has 4 heteroatoms. The molecular formula is C17H38O2SSi. The summed E-state index contributed by atoms with van der Waals surface area (Å²) in [6, 6.07) is 1.15. The molecular weight excluding hydrogens is 296 g/mol. The van der Waals surface area contributed by atoms with Crippen molar-refractivity contribution < 1.29 is 8.85 Å². The molecule has 0 heterocycles. The summed E-state index contributed by atoms with van der Waals surface area (Å²) >= 11 is 4.24. The molecule has 2 nitrogen and oxygen atoms in total. The van der Waals surface area contributed by atoms with Crippen molar-refractivity contribution in [3.8, 4) is 0 Å². The highest BCUT2D eigenvalue weighted by Crippen LogP contribution is 2.19. The van der Waals surface area contributed by atoms with Crippen LogP contribution < -0.4 is 0 Å². The van der Waals surface area contributed by atoms with Gasteiger partial charge in [0.15, 0.2) is 0 Å². The molecule has 0 radical (unpaired) electrons. The summed E-state index contributed by atoms with van der Waals surface area (Å²) in [6.45, 7) is 7.93. The van der Waals surface area contributed by atoms with Gasteiger partial charge in [0.1, 0.15) is 0 Å². The number of hydrogen-bond donors (Lipinski definition) is 1. The van der Waals surface area contributed by atoms with Crippen LogP contribution in [0.1, 0.15) is 78.1 Å². The Labute approximate surface area is 140 Å². The maximum absolute atomic E-state index is 5.87. The van der Waals surface area contributed by atoms with Crippen molar-refractivity contribution in [2.75, 3.05) is 19.0 Å². The normalized spacial score (nSPS) is 12.0. The van der Waals surface area contributed by atoms with E-state index in [4.69, 9.17) is 8.85 Å². The Bertz CT molecular complexity index is 209. The van der Waals surface area contributed by atoms with Gasteiger partial charge < -0.3 is 8.85 Å². The van der Waals surface area contributed by atoms with E-state index < -0.39 is 8.56 Å². The third-order valence-electron chi connectivity index (χ3n) is 3.94. The van der Waals surface area contributed by atoms with Gasteiger partial charge in [-0.2, -0.15) is 12.6 Å². The fourth-order valence-electron chi connectivity index (χ4n) is 2.77. The molecule has 0 spiro atoms. The first-order valence-electron chi connectivity index (χ1n) is 9.07. The van der Waals surface area contributed by atoms with Crippen LogP contribution in [-0.2, 0) is 8.85 Å². The predicted octanol–water partition coefficient (Wildman–Crippen LogP) is 5.96. The van der Waals surface area contributed by atoms with Gasteiger partial charge in [0, 0.05) is 13.2 Å². The van der Waals surface area contributed by atoms with Crippen LogP contribution in [0.15, 0.2) is 0 Å². The van der Waals surface area contributed by atoms with Crippen molar-refractivity contribution in [3.05, 3.63) is 0 Å². The highest BCUT2D eigenvalue weighted by molar-refractivity contribution is 7.80. The van der Waals surface area contributed by atoms with E-state index in [2.05, 4.69) is 33.0 Å². The number of hydrogen-bond acceptors (Lipinski definition) is 3. The number of unbranched alkanes of at least 4 members (excludes halogenated alkanes) is 9. The minimum atomic E-state index is -1.85. The second-order valence-electron chi connectivity index (χ2n) is 6.01. The molecule has 0 aromatic carbocycles. The highest BCUT2D eigenvalue weighted by atomic mass is 32.1. The van der Waals surface area contributed by atoms with Gasteiger partial charge in [-0.05, 0) is 38.6 Å². The Morgan fingerprint density at radius 2 is 1.05 bits per heavy atom. The smallest absolute Gasteiger partial charge is 0.334 e. The van der Waals surface area contributed by atoms with Gasteiger partial charge in [-0.15, -0.1) is 0 Å². The molecule has 0 atom stereocenters. The quantitative estimate of drug-likeness (QED) is 0.213. The average Bonchev–Trinajstić information content (AvgIpc) is 2.45. The zero-order chi connectivity index (χ0) is 15.8. The largest absolute Gasteiger partial charge is 0.395 e. The Morgan fingerprint density at radius 3 is 1.43 bits per heavy atom. The van der Waals surface area contributed by atoms with Gasteiger partial charge in [0.05, 0.1) is 0 Å². The number of thiol groups is 1. The number of rotatable bonds is 16. The molecule has 0 N–H and O–H groups in total. The van der Waals surface area contributed by atoms with Gasteiger partial charge in [-0.3, -0.25) is 0 Å². The lowest BCUT2D eigenvalue weighted by Gasteiger charge is -2.25. The van der Waals surface area contributed by atoms with Crippen molar-refractivity contribution in [3.63, 3.8) is 0 Å². The minimum absolute atomic E-state index is 0.788. The van der Waals surface area contributed by atoms with E-state index in [1.165, 1.54) is 64.2 Å². The first-order chi connectivity index (χ1) is 10.2. The summed E-state index contributed by atoms with van der Waals surface area (Å²) in [7, 11) is -1.85. The Hall–Kier alpha value is 0.487. The van der Waals surface area contributed by atoms with E-state index in [1.807, 2.05) is 0 Å². The molecule has 21 heavy (non-hydrogen) atoms. The maximum Gasteiger partial charge on any atom is 0.334 e. The van der Waals surface area contributed by atoms with Crippen molar-refractivity contribution >= 4 is 21.2 Å². The van der Waals surface area contributed by atoms with Gasteiger partial charge in [0.25, 0.3) is 0 Å². The van der Waals surface area contributed by atoms with E-state index in [1.54, 1.807) is 0 Å². The van der Waals surface area contributed by atoms with Crippen LogP contribution in [0.5, 0.6) is 0 Å². The van der Waals surface area contributed by atoms with Gasteiger partial charge in [0.2, 0.25) is 0 Å². The summed E-state index contributed by atoms with van der Waals surface area (Å²) in [5, 5.41) is 0. The lowest BCUT2D eigenvalue weighted by Crippen LogP contribution is -2.38. The molecule has 0 bridgehead atoms. The van der Waals surface area contributed by atoms with Crippen molar-refractivity contribution in [1.82, 2.24) is 0 Å². The molecule has 0 saturated carbocycles. The topological polar surface area (TPSA) is 18.5 Å². The SMILES string of the molecule is CCO[Si](C)(CCCCCCCCCCCCS)OCC. The molecule has 0 amide bonds. The lowest BCUT2D eigenvalue weighted by atomic mass is 10.1. The van der Waals surface area contributed by atoms with Crippen molar-refractivity contribution in [1.29, 1.82) is 0 Å². The van der Waals surface area contributed by atoms with E-state index in [-0.39, 0.29) is 0 Å². The summed E-state index contributed by atoms with van der Waals surface area (Å²) in [6.07, 6.45) is 13.7. The van der Waals surface area contributed by atoms with Gasteiger partial charge >= 0.3 is 8.56 Å². The molecule has 0 aromatic rings. The van der Waals surface area contributed by atoms with Crippen LogP contribution in [-0.4, -0.2) is 27.5 Å². The first kappa shape index (κ1) is 21.5. The van der Waals surface area contributed by atoms with E-state index >= 15 is 0 Å². The Kier molecular flexibility index (Phi) is 15.7. The molecule has 0 aliphatic heterocycles. The van der Waals surface area contributed by atoms with Crippen LogP contribution in [0.2, 0.25) is 12.6 Å². The summed E-state index contributed by atoms with van der Waals surface area (Å²) in [5.41, 5.74) is 0. The Balaban J connectivity index is 3.37. The second kappa shape index (κ2) is 15.4. The van der Waals surface area contributed by atoms with Crippen molar-refractivity contribution in [2.45, 2.75) is 90.6 Å². The summed E-state index contributed by atoms with van der Waals surface area (Å²) in [5.74, 6) is 1.05. The Morgan fingerprint density at radius 1 is 0.667 bits per heavy atom. The van der Waals surface area contributed by atoms with Crippen LogP contribution >= 0.6 is 12.6 Å². The minimum Gasteiger partial charge on any atom is -0.395 e. The fraction of sp³-hybridized carbons (Fsp3) is 1.00. The van der Waals surface area contributed by atoms with Gasteiger partial charge in [-0.25, -0.2) is 0 Å².